The third kappa shape index (κ3) is 5.33. The molecule has 0 radical (unpaired) electrons. The molecule has 1 aromatic rings. The van der Waals surface area contributed by atoms with Crippen LogP contribution in [0, 0.1) is 5.82 Å². The normalized spacial score (nSPS) is 10.3. The number of nitrogens with one attached hydrogen (secondary N) is 1. The van der Waals surface area contributed by atoms with Crippen molar-refractivity contribution in [1.29, 1.82) is 0 Å². The summed E-state index contributed by atoms with van der Waals surface area (Å²) in [5, 5.41) is 3.01. The number of ether oxygens (including phenoxy) is 2. The molecular formula is C13H17FN2O4. The molecule has 0 heterocycles. The van der Waals surface area contributed by atoms with Crippen LogP contribution in [-0.4, -0.2) is 38.7 Å². The number of rotatable bonds is 8. The number of nitrogens with two attached hydrogens (primary N) is 1. The lowest BCUT2D eigenvalue weighted by atomic mass is 10.1. The first-order valence-corrected chi connectivity index (χ1v) is 5.98. The predicted molar refractivity (Wildman–Crippen MR) is 69.5 cm³/mol. The molecule has 20 heavy (non-hydrogen) atoms. The highest BCUT2D eigenvalue weighted by atomic mass is 19.1. The summed E-state index contributed by atoms with van der Waals surface area (Å²) in [5.41, 5.74) is 5.49. The second-order valence-corrected chi connectivity index (χ2v) is 4.00. The van der Waals surface area contributed by atoms with Crippen LogP contribution in [-0.2, 0) is 20.8 Å². The number of amides is 1. The minimum atomic E-state index is -0.707. The first-order chi connectivity index (χ1) is 9.54. The van der Waals surface area contributed by atoms with E-state index in [1.54, 1.807) is 6.07 Å². The maximum Gasteiger partial charge on any atom is 0.340 e. The van der Waals surface area contributed by atoms with Crippen LogP contribution < -0.4 is 11.1 Å². The fourth-order valence-electron chi connectivity index (χ4n) is 1.49. The Morgan fingerprint density at radius 3 is 2.75 bits per heavy atom. The first-order valence-electron chi connectivity index (χ1n) is 5.98. The highest BCUT2D eigenvalue weighted by Gasteiger charge is 2.11. The van der Waals surface area contributed by atoms with E-state index in [0.29, 0.717) is 25.3 Å². The third-order valence-electron chi connectivity index (χ3n) is 2.44. The van der Waals surface area contributed by atoms with E-state index in [-0.39, 0.29) is 12.2 Å². The molecule has 0 fully saturated rings. The molecule has 1 amide bonds. The molecule has 7 heteroatoms. The van der Waals surface area contributed by atoms with Gasteiger partial charge in [0.25, 0.3) is 0 Å². The molecule has 0 unspecified atom stereocenters. The molecule has 1 rings (SSSR count). The van der Waals surface area contributed by atoms with Crippen LogP contribution in [0.25, 0.3) is 0 Å². The Bertz CT molecular complexity index is 479. The molecule has 0 saturated carbocycles. The predicted octanol–water partition coefficient (Wildman–Crippen LogP) is 0.204. The van der Waals surface area contributed by atoms with E-state index in [9.17, 15) is 14.0 Å². The molecule has 0 aliphatic rings. The Kier molecular flexibility index (Phi) is 6.61. The minimum absolute atomic E-state index is 0.0963. The zero-order valence-electron chi connectivity index (χ0n) is 11.1. The summed E-state index contributed by atoms with van der Waals surface area (Å²) in [7, 11) is 1.20. The van der Waals surface area contributed by atoms with Gasteiger partial charge >= 0.3 is 5.97 Å². The average molecular weight is 284 g/mol. The third-order valence-corrected chi connectivity index (χ3v) is 2.44. The SMILES string of the molecule is COC(=O)c1ccc(CNCCOCC(N)=O)cc1F. The first kappa shape index (κ1) is 16.1. The van der Waals surface area contributed by atoms with Gasteiger partial charge in [-0.15, -0.1) is 0 Å². The van der Waals surface area contributed by atoms with Crippen LogP contribution in [0.1, 0.15) is 15.9 Å². The van der Waals surface area contributed by atoms with Gasteiger partial charge in [-0.25, -0.2) is 9.18 Å². The largest absolute Gasteiger partial charge is 0.465 e. The molecule has 0 aliphatic heterocycles. The molecule has 110 valence electrons. The molecule has 0 spiro atoms. The summed E-state index contributed by atoms with van der Waals surface area (Å²) in [6.07, 6.45) is 0. The number of carbonyl (C=O) groups excluding carboxylic acids is 2. The number of halogens is 1. The molecular weight excluding hydrogens is 267 g/mol. The summed E-state index contributed by atoms with van der Waals surface area (Å²) in [6, 6.07) is 4.28. The van der Waals surface area contributed by atoms with Crippen molar-refractivity contribution >= 4 is 11.9 Å². The van der Waals surface area contributed by atoms with E-state index in [2.05, 4.69) is 10.1 Å². The number of esters is 1. The molecule has 1 aromatic carbocycles. The van der Waals surface area contributed by atoms with Gasteiger partial charge < -0.3 is 20.5 Å². The van der Waals surface area contributed by atoms with Crippen molar-refractivity contribution in [1.82, 2.24) is 5.32 Å². The van der Waals surface area contributed by atoms with E-state index in [1.165, 1.54) is 19.2 Å². The number of hydrogen-bond donors (Lipinski definition) is 2. The van der Waals surface area contributed by atoms with Crippen LogP contribution in [0.2, 0.25) is 0 Å². The smallest absolute Gasteiger partial charge is 0.340 e. The van der Waals surface area contributed by atoms with Crippen molar-refractivity contribution in [2.45, 2.75) is 6.54 Å². The zero-order valence-corrected chi connectivity index (χ0v) is 11.1. The van der Waals surface area contributed by atoms with E-state index in [0.717, 1.165) is 0 Å². The van der Waals surface area contributed by atoms with Crippen molar-refractivity contribution in [3.63, 3.8) is 0 Å². The zero-order chi connectivity index (χ0) is 15.0. The van der Waals surface area contributed by atoms with E-state index in [1.807, 2.05) is 0 Å². The molecule has 6 nitrogen and oxygen atoms in total. The van der Waals surface area contributed by atoms with Gasteiger partial charge in [0.1, 0.15) is 12.4 Å². The maximum atomic E-state index is 13.6. The quantitative estimate of drug-likeness (QED) is 0.526. The van der Waals surface area contributed by atoms with Crippen LogP contribution in [0.4, 0.5) is 4.39 Å². The summed E-state index contributed by atoms with van der Waals surface area (Å²) in [6.45, 7) is 1.11. The van der Waals surface area contributed by atoms with Gasteiger partial charge in [0.05, 0.1) is 19.3 Å². The van der Waals surface area contributed by atoms with Gasteiger partial charge in [-0.2, -0.15) is 0 Å². The summed E-state index contributed by atoms with van der Waals surface area (Å²) in [4.78, 5) is 21.6. The van der Waals surface area contributed by atoms with Gasteiger partial charge in [-0.1, -0.05) is 6.07 Å². The van der Waals surface area contributed by atoms with Crippen molar-refractivity contribution in [3.8, 4) is 0 Å². The molecule has 3 N–H and O–H groups in total. The Morgan fingerprint density at radius 2 is 2.15 bits per heavy atom. The van der Waals surface area contributed by atoms with Crippen molar-refractivity contribution in [3.05, 3.63) is 35.1 Å². The number of carbonyl (C=O) groups is 2. The van der Waals surface area contributed by atoms with E-state index in [4.69, 9.17) is 10.5 Å². The molecule has 0 atom stereocenters. The van der Waals surface area contributed by atoms with Gasteiger partial charge in [-0.3, -0.25) is 4.79 Å². The lowest BCUT2D eigenvalue weighted by molar-refractivity contribution is -0.122. The Hall–Kier alpha value is -1.99. The molecule has 0 aromatic heterocycles. The average Bonchev–Trinajstić information content (AvgIpc) is 2.41. The Labute approximate surface area is 116 Å². The maximum absolute atomic E-state index is 13.6. The fraction of sp³-hybridized carbons (Fsp3) is 0.385. The molecule has 0 aliphatic carbocycles. The summed E-state index contributed by atoms with van der Waals surface area (Å²) in [5.74, 6) is -1.85. The van der Waals surface area contributed by atoms with Gasteiger partial charge in [0.15, 0.2) is 0 Å². The Morgan fingerprint density at radius 1 is 1.40 bits per heavy atom. The van der Waals surface area contributed by atoms with Gasteiger partial charge in [0.2, 0.25) is 5.91 Å². The van der Waals surface area contributed by atoms with E-state index < -0.39 is 17.7 Å². The topological polar surface area (TPSA) is 90.7 Å². The highest BCUT2D eigenvalue weighted by molar-refractivity contribution is 5.89. The number of benzene rings is 1. The molecule has 0 bridgehead atoms. The fourth-order valence-corrected chi connectivity index (χ4v) is 1.49. The molecule has 0 saturated heterocycles. The van der Waals surface area contributed by atoms with Crippen LogP contribution in [0.15, 0.2) is 18.2 Å². The summed E-state index contributed by atoms with van der Waals surface area (Å²) < 4.78 is 23.0. The van der Waals surface area contributed by atoms with Crippen LogP contribution in [0.3, 0.4) is 0 Å². The van der Waals surface area contributed by atoms with E-state index >= 15 is 0 Å². The van der Waals surface area contributed by atoms with Gasteiger partial charge in [0, 0.05) is 13.1 Å². The van der Waals surface area contributed by atoms with Crippen LogP contribution in [0.5, 0.6) is 0 Å². The van der Waals surface area contributed by atoms with Crippen molar-refractivity contribution < 1.29 is 23.5 Å². The van der Waals surface area contributed by atoms with Crippen LogP contribution >= 0.6 is 0 Å². The second kappa shape index (κ2) is 8.23. The second-order valence-electron chi connectivity index (χ2n) is 4.00. The lowest BCUT2D eigenvalue weighted by Crippen LogP contribution is -2.23. The number of methoxy groups -OCH3 is 1. The minimum Gasteiger partial charge on any atom is -0.465 e. The number of hydrogen-bond acceptors (Lipinski definition) is 5. The Balaban J connectivity index is 2.36. The monoisotopic (exact) mass is 284 g/mol. The van der Waals surface area contributed by atoms with Gasteiger partial charge in [-0.05, 0) is 17.7 Å². The van der Waals surface area contributed by atoms with Crippen molar-refractivity contribution in [2.75, 3.05) is 26.9 Å². The highest BCUT2D eigenvalue weighted by Crippen LogP contribution is 2.11. The lowest BCUT2D eigenvalue weighted by Gasteiger charge is -2.07. The standard InChI is InChI=1S/C13H17FN2O4/c1-19-13(18)10-3-2-9(6-11(10)14)7-16-4-5-20-8-12(15)17/h2-3,6,16H,4-5,7-8H2,1H3,(H2,15,17). The van der Waals surface area contributed by atoms with Crippen molar-refractivity contribution in [2.24, 2.45) is 5.73 Å². The summed E-state index contributed by atoms with van der Waals surface area (Å²) >= 11 is 0. The number of primary amides is 1.